The molecule has 2 aromatic rings. The van der Waals surface area contributed by atoms with Gasteiger partial charge >= 0.3 is 5.97 Å². The first-order valence-corrected chi connectivity index (χ1v) is 11.3. The van der Waals surface area contributed by atoms with Gasteiger partial charge in [-0.25, -0.2) is 4.79 Å². The molecule has 1 amide bonds. The molecule has 0 aromatic heterocycles. The molecule has 0 aliphatic carbocycles. The van der Waals surface area contributed by atoms with E-state index in [0.717, 1.165) is 41.8 Å². The van der Waals surface area contributed by atoms with Crippen molar-refractivity contribution >= 4 is 17.7 Å². The number of ether oxygens (including phenoxy) is 1. The Kier molecular flexibility index (Phi) is 6.87. The van der Waals surface area contributed by atoms with Gasteiger partial charge in [-0.1, -0.05) is 55.8 Å². The van der Waals surface area contributed by atoms with Crippen LogP contribution in [0.1, 0.15) is 76.7 Å². The minimum absolute atomic E-state index is 0.0444. The van der Waals surface area contributed by atoms with Crippen LogP contribution in [0.15, 0.2) is 53.5 Å². The molecular formula is C27H34N2O3. The molecule has 1 aliphatic heterocycles. The van der Waals surface area contributed by atoms with Crippen LogP contribution in [-0.2, 0) is 16.1 Å². The molecule has 0 spiro atoms. The molecule has 0 radical (unpaired) electrons. The first-order chi connectivity index (χ1) is 15.0. The van der Waals surface area contributed by atoms with Gasteiger partial charge in [0.1, 0.15) is 17.0 Å². The summed E-state index contributed by atoms with van der Waals surface area (Å²) in [5.74, 6) is 0.586. The largest absolute Gasteiger partial charge is 0.456 e. The number of rotatable bonds is 7. The fourth-order valence-electron chi connectivity index (χ4n) is 3.79. The van der Waals surface area contributed by atoms with E-state index in [1.807, 2.05) is 82.0 Å². The van der Waals surface area contributed by atoms with E-state index in [1.165, 1.54) is 0 Å². The van der Waals surface area contributed by atoms with Crippen LogP contribution < -0.4 is 0 Å². The van der Waals surface area contributed by atoms with E-state index in [-0.39, 0.29) is 11.9 Å². The Balaban J connectivity index is 1.81. The van der Waals surface area contributed by atoms with E-state index in [1.54, 1.807) is 6.07 Å². The van der Waals surface area contributed by atoms with Gasteiger partial charge in [0, 0.05) is 6.42 Å². The van der Waals surface area contributed by atoms with E-state index in [9.17, 15) is 9.59 Å². The fourth-order valence-corrected chi connectivity index (χ4v) is 3.79. The molecule has 170 valence electrons. The van der Waals surface area contributed by atoms with E-state index in [0.29, 0.717) is 12.1 Å². The van der Waals surface area contributed by atoms with Gasteiger partial charge in [-0.3, -0.25) is 14.7 Å². The average Bonchev–Trinajstić information content (AvgIpc) is 2.94. The Labute approximate surface area is 191 Å². The van der Waals surface area contributed by atoms with Gasteiger partial charge in [-0.05, 0) is 63.8 Å². The van der Waals surface area contributed by atoms with Gasteiger partial charge in [0.25, 0.3) is 5.91 Å². The van der Waals surface area contributed by atoms with E-state index in [2.05, 4.69) is 11.9 Å². The molecule has 5 nitrogen and oxygen atoms in total. The normalized spacial score (nSPS) is 15.6. The maximum atomic E-state index is 12.9. The van der Waals surface area contributed by atoms with Crippen LogP contribution >= 0.6 is 0 Å². The lowest BCUT2D eigenvalue weighted by atomic mass is 9.98. The Morgan fingerprint density at radius 3 is 2.34 bits per heavy atom. The smallest absolute Gasteiger partial charge is 0.339 e. The Morgan fingerprint density at radius 1 is 1.06 bits per heavy atom. The number of carbonyl (C=O) groups excluding carboxylic acids is 2. The molecule has 0 N–H and O–H groups in total. The molecule has 0 saturated heterocycles. The minimum Gasteiger partial charge on any atom is -0.456 e. The van der Waals surface area contributed by atoms with Gasteiger partial charge in [-0.2, -0.15) is 0 Å². The lowest BCUT2D eigenvalue weighted by Crippen LogP contribution is -2.38. The third kappa shape index (κ3) is 5.45. The van der Waals surface area contributed by atoms with Crippen LogP contribution in [0, 0.1) is 0 Å². The number of amidine groups is 1. The number of carbonyl (C=O) groups is 2. The summed E-state index contributed by atoms with van der Waals surface area (Å²) < 4.78 is 5.58. The Morgan fingerprint density at radius 2 is 1.72 bits per heavy atom. The van der Waals surface area contributed by atoms with Gasteiger partial charge in [-0.15, -0.1) is 0 Å². The number of nitrogens with zero attached hydrogens (tertiary/aromatic N) is 2. The van der Waals surface area contributed by atoms with Gasteiger partial charge in [0.2, 0.25) is 0 Å². The van der Waals surface area contributed by atoms with Gasteiger partial charge in [0.05, 0.1) is 12.1 Å². The first kappa shape index (κ1) is 23.7. The number of esters is 1. The zero-order valence-electron chi connectivity index (χ0n) is 20.1. The molecular weight excluding hydrogens is 400 g/mol. The number of benzene rings is 2. The summed E-state index contributed by atoms with van der Waals surface area (Å²) in [5.41, 5.74) is 2.08. The van der Waals surface area contributed by atoms with Crippen molar-refractivity contribution in [1.29, 1.82) is 0 Å². The third-order valence-corrected chi connectivity index (χ3v) is 5.39. The highest BCUT2D eigenvalue weighted by atomic mass is 16.6. The molecule has 5 heteroatoms. The summed E-state index contributed by atoms with van der Waals surface area (Å²) in [6, 6.07) is 15.5. The maximum Gasteiger partial charge on any atom is 0.339 e. The fraction of sp³-hybridized carbons (Fsp3) is 0.444. The molecule has 0 atom stereocenters. The van der Waals surface area contributed by atoms with Crippen LogP contribution in [-0.4, -0.2) is 33.8 Å². The van der Waals surface area contributed by atoms with Crippen molar-refractivity contribution in [3.8, 4) is 11.1 Å². The zero-order chi connectivity index (χ0) is 23.5. The van der Waals surface area contributed by atoms with E-state index in [4.69, 9.17) is 4.74 Å². The predicted molar refractivity (Wildman–Crippen MR) is 129 cm³/mol. The molecule has 0 saturated carbocycles. The first-order valence-electron chi connectivity index (χ1n) is 11.3. The topological polar surface area (TPSA) is 59.0 Å². The summed E-state index contributed by atoms with van der Waals surface area (Å²) in [6.07, 6.45) is 2.89. The highest BCUT2D eigenvalue weighted by molar-refractivity contribution is 6.07. The zero-order valence-corrected chi connectivity index (χ0v) is 20.1. The molecule has 1 aliphatic rings. The van der Waals surface area contributed by atoms with Crippen LogP contribution in [0.4, 0.5) is 0 Å². The number of hydrogen-bond acceptors (Lipinski definition) is 4. The number of aliphatic imine (C=N–C) groups is 1. The summed E-state index contributed by atoms with van der Waals surface area (Å²) in [7, 11) is 0. The van der Waals surface area contributed by atoms with Crippen molar-refractivity contribution < 1.29 is 14.3 Å². The van der Waals surface area contributed by atoms with Crippen LogP contribution in [0.5, 0.6) is 0 Å². The van der Waals surface area contributed by atoms with Crippen LogP contribution in [0.2, 0.25) is 0 Å². The molecule has 3 rings (SSSR count). The number of amides is 1. The van der Waals surface area contributed by atoms with Crippen molar-refractivity contribution in [2.45, 2.75) is 78.5 Å². The molecule has 0 bridgehead atoms. The minimum atomic E-state index is -0.699. The molecule has 32 heavy (non-hydrogen) atoms. The molecule has 0 fully saturated rings. The van der Waals surface area contributed by atoms with Crippen molar-refractivity contribution in [3.63, 3.8) is 0 Å². The average molecular weight is 435 g/mol. The molecule has 1 heterocycles. The van der Waals surface area contributed by atoms with Gasteiger partial charge < -0.3 is 4.74 Å². The predicted octanol–water partition coefficient (Wildman–Crippen LogP) is 6.02. The Bertz CT molecular complexity index is 1010. The number of hydrogen-bond donors (Lipinski definition) is 0. The van der Waals surface area contributed by atoms with Crippen molar-refractivity contribution in [2.24, 2.45) is 4.99 Å². The monoisotopic (exact) mass is 434 g/mol. The third-order valence-electron chi connectivity index (χ3n) is 5.39. The molecule has 0 unspecified atom stereocenters. The van der Waals surface area contributed by atoms with E-state index < -0.39 is 11.1 Å². The van der Waals surface area contributed by atoms with Crippen molar-refractivity contribution in [3.05, 3.63) is 59.7 Å². The molecule has 2 aromatic carbocycles. The van der Waals surface area contributed by atoms with Crippen LogP contribution in [0.3, 0.4) is 0 Å². The lowest BCUT2D eigenvalue weighted by molar-refractivity contribution is -0.130. The Hall–Kier alpha value is -2.95. The standard InChI is InChI=1S/C27H34N2O3/c1-7-8-13-23-28-27(5,6)25(31)29(23)18-19-14-16-20(17-15-19)21-11-9-10-12-22(21)24(30)32-26(2,3)4/h9-12,14-17H,7-8,13,18H2,1-6H3. The highest BCUT2D eigenvalue weighted by Gasteiger charge is 2.40. The SMILES string of the molecule is CCCCC1=NC(C)(C)C(=O)N1Cc1ccc(-c2ccccc2C(=O)OC(C)(C)C)cc1. The quantitative estimate of drug-likeness (QED) is 0.501. The second kappa shape index (κ2) is 9.27. The highest BCUT2D eigenvalue weighted by Crippen LogP contribution is 2.29. The second-order valence-electron chi connectivity index (χ2n) is 9.83. The van der Waals surface area contributed by atoms with E-state index >= 15 is 0 Å². The van der Waals surface area contributed by atoms with Crippen molar-refractivity contribution in [1.82, 2.24) is 4.90 Å². The summed E-state index contributed by atoms with van der Waals surface area (Å²) in [4.78, 5) is 32.1. The maximum absolute atomic E-state index is 12.9. The summed E-state index contributed by atoms with van der Waals surface area (Å²) >= 11 is 0. The summed E-state index contributed by atoms with van der Waals surface area (Å²) in [6.45, 7) is 12.0. The second-order valence-corrected chi connectivity index (χ2v) is 9.83. The lowest BCUT2D eigenvalue weighted by Gasteiger charge is -2.21. The number of unbranched alkanes of at least 4 members (excludes halogenated alkanes) is 1. The van der Waals surface area contributed by atoms with Crippen LogP contribution in [0.25, 0.3) is 11.1 Å². The van der Waals surface area contributed by atoms with Crippen molar-refractivity contribution in [2.75, 3.05) is 0 Å². The summed E-state index contributed by atoms with van der Waals surface area (Å²) in [5, 5.41) is 0. The van der Waals surface area contributed by atoms with Gasteiger partial charge in [0.15, 0.2) is 0 Å².